The normalized spacial score (nSPS) is 22.8. The van der Waals surface area contributed by atoms with Gasteiger partial charge in [0.25, 0.3) is 0 Å². The maximum Gasteiger partial charge on any atom is 0.408 e. The van der Waals surface area contributed by atoms with Gasteiger partial charge in [-0.3, -0.25) is 0 Å². The Morgan fingerprint density at radius 1 is 1.53 bits per heavy atom. The van der Waals surface area contributed by atoms with Crippen molar-refractivity contribution >= 4 is 17.7 Å². The molecule has 1 saturated heterocycles. The fraction of sp³-hybridized carbons (Fsp3) is 0.300. The average molecular weight is 264 g/mol. The molecule has 7 heteroatoms. The summed E-state index contributed by atoms with van der Waals surface area (Å²) in [7, 11) is 0. The third-order valence-electron chi connectivity index (χ3n) is 2.41. The largest absolute Gasteiger partial charge is 0.506 e. The number of amides is 1. The van der Waals surface area contributed by atoms with Gasteiger partial charge in [-0.1, -0.05) is 23.7 Å². The van der Waals surface area contributed by atoms with E-state index in [0.29, 0.717) is 0 Å². The van der Waals surface area contributed by atoms with Crippen molar-refractivity contribution in [1.82, 2.24) is 5.32 Å². The van der Waals surface area contributed by atoms with Crippen molar-refractivity contribution < 1.29 is 23.4 Å². The van der Waals surface area contributed by atoms with Crippen LogP contribution in [0.2, 0.25) is 5.02 Å². The van der Waals surface area contributed by atoms with Gasteiger partial charge >= 0.3 is 12.0 Å². The first-order chi connectivity index (χ1) is 7.92. The smallest absolute Gasteiger partial charge is 0.408 e. The maximum atomic E-state index is 13.5. The summed E-state index contributed by atoms with van der Waals surface area (Å²) in [6.07, 6.45) is -0.958. The number of carbonyl (C=O) groups is 1. The number of cyclic esters (lactones) is 1. The number of alkyl carbamates (subject to hydrolysis) is 1. The number of carbonyl (C=O) groups excluding carboxylic acids is 1. The van der Waals surface area contributed by atoms with Crippen LogP contribution in [0.15, 0.2) is 18.2 Å². The molecule has 0 bridgehead atoms. The van der Waals surface area contributed by atoms with Gasteiger partial charge < -0.3 is 15.2 Å². The molecule has 0 unspecified atom stereocenters. The molecule has 1 aromatic carbocycles. The molecule has 4 nitrogen and oxygen atoms in total. The molecule has 1 fully saturated rings. The van der Waals surface area contributed by atoms with E-state index in [1.54, 1.807) is 0 Å². The van der Waals surface area contributed by atoms with Crippen LogP contribution in [0.5, 0.6) is 5.75 Å². The molecule has 1 amide bonds. The third kappa shape index (κ3) is 2.12. The molecular weight excluding hydrogens is 256 g/mol. The van der Waals surface area contributed by atoms with Crippen molar-refractivity contribution in [2.45, 2.75) is 12.0 Å². The van der Waals surface area contributed by atoms with Crippen LogP contribution in [-0.2, 0) is 4.74 Å². The summed E-state index contributed by atoms with van der Waals surface area (Å²) in [5.74, 6) is -3.78. The standard InChI is InChI=1S/C10H8ClF2NO3/c11-6-3-1-2-5(7(6)15)8-10(12,13)4-17-9(16)14-8/h1-3,8,15H,4H2,(H,14,16)/t8-/m0/s1. The zero-order chi connectivity index (χ0) is 12.6. The van der Waals surface area contributed by atoms with E-state index in [9.17, 15) is 18.7 Å². The van der Waals surface area contributed by atoms with E-state index in [0.717, 1.165) is 0 Å². The lowest BCUT2D eigenvalue weighted by Crippen LogP contribution is -2.49. The first-order valence-electron chi connectivity index (χ1n) is 4.70. The second-order valence-corrected chi connectivity index (χ2v) is 4.00. The van der Waals surface area contributed by atoms with Gasteiger partial charge in [-0.2, -0.15) is 0 Å². The van der Waals surface area contributed by atoms with Crippen LogP contribution in [0.25, 0.3) is 0 Å². The van der Waals surface area contributed by atoms with Gasteiger partial charge in [0.2, 0.25) is 0 Å². The van der Waals surface area contributed by atoms with Gasteiger partial charge in [0, 0.05) is 5.56 Å². The summed E-state index contributed by atoms with van der Waals surface area (Å²) in [6, 6.07) is 2.39. The number of phenols is 1. The number of nitrogens with one attached hydrogen (secondary N) is 1. The average Bonchev–Trinajstić information content (AvgIpc) is 2.26. The Kier molecular flexibility index (Phi) is 2.82. The molecule has 1 aliphatic rings. The van der Waals surface area contributed by atoms with E-state index in [2.05, 4.69) is 4.74 Å². The fourth-order valence-electron chi connectivity index (χ4n) is 1.58. The van der Waals surface area contributed by atoms with Crippen LogP contribution < -0.4 is 5.32 Å². The van der Waals surface area contributed by atoms with Crippen LogP contribution in [0, 0.1) is 0 Å². The second-order valence-electron chi connectivity index (χ2n) is 3.59. The van der Waals surface area contributed by atoms with Gasteiger partial charge in [0.05, 0.1) is 5.02 Å². The van der Waals surface area contributed by atoms with E-state index in [-0.39, 0.29) is 10.6 Å². The summed E-state index contributed by atoms with van der Waals surface area (Å²) in [5.41, 5.74) is -0.140. The highest BCUT2D eigenvalue weighted by Gasteiger charge is 2.47. The Hall–Kier alpha value is -1.56. The van der Waals surface area contributed by atoms with E-state index < -0.39 is 30.4 Å². The highest BCUT2D eigenvalue weighted by Crippen LogP contribution is 2.40. The minimum absolute atomic E-state index is 0.0564. The molecule has 17 heavy (non-hydrogen) atoms. The van der Waals surface area contributed by atoms with Crippen LogP contribution in [0.1, 0.15) is 11.6 Å². The summed E-state index contributed by atoms with van der Waals surface area (Å²) in [5, 5.41) is 11.5. The molecule has 1 atom stereocenters. The quantitative estimate of drug-likeness (QED) is 0.818. The van der Waals surface area contributed by atoms with Gasteiger partial charge in [0.1, 0.15) is 11.8 Å². The van der Waals surface area contributed by atoms with Gasteiger partial charge in [0.15, 0.2) is 6.61 Å². The molecule has 92 valence electrons. The summed E-state index contributed by atoms with van der Waals surface area (Å²) in [6.45, 7) is -1.03. The number of alkyl halides is 2. The SMILES string of the molecule is O=C1N[C@@H](c2cccc(Cl)c2O)C(F)(F)CO1. The Labute approximate surface area is 100 Å². The summed E-state index contributed by atoms with van der Waals surface area (Å²) in [4.78, 5) is 10.9. The number of benzene rings is 1. The number of para-hydroxylation sites is 1. The van der Waals surface area contributed by atoms with Gasteiger partial charge in [-0.05, 0) is 6.07 Å². The van der Waals surface area contributed by atoms with Crippen molar-refractivity contribution in [3.8, 4) is 5.75 Å². The zero-order valence-corrected chi connectivity index (χ0v) is 9.17. The third-order valence-corrected chi connectivity index (χ3v) is 2.71. The van der Waals surface area contributed by atoms with E-state index in [1.807, 2.05) is 5.32 Å². The molecule has 0 aliphatic carbocycles. The Balaban J connectivity index is 2.43. The van der Waals surface area contributed by atoms with Crippen molar-refractivity contribution in [3.05, 3.63) is 28.8 Å². The fourth-order valence-corrected chi connectivity index (χ4v) is 1.76. The summed E-state index contributed by atoms with van der Waals surface area (Å²) < 4.78 is 31.3. The number of hydrogen-bond donors (Lipinski definition) is 2. The molecule has 1 aliphatic heterocycles. The lowest BCUT2D eigenvalue weighted by molar-refractivity contribution is -0.104. The molecule has 1 aromatic rings. The Morgan fingerprint density at radius 2 is 2.24 bits per heavy atom. The van der Waals surface area contributed by atoms with Crippen LogP contribution in [0.3, 0.4) is 0 Å². The predicted octanol–water partition coefficient (Wildman–Crippen LogP) is 2.46. The lowest BCUT2D eigenvalue weighted by atomic mass is 9.99. The van der Waals surface area contributed by atoms with Crippen LogP contribution in [-0.4, -0.2) is 23.7 Å². The second kappa shape index (κ2) is 4.03. The zero-order valence-electron chi connectivity index (χ0n) is 8.41. The van der Waals surface area contributed by atoms with E-state index in [1.165, 1.54) is 18.2 Å². The highest BCUT2D eigenvalue weighted by molar-refractivity contribution is 6.32. The molecule has 0 aromatic heterocycles. The highest BCUT2D eigenvalue weighted by atomic mass is 35.5. The summed E-state index contributed by atoms with van der Waals surface area (Å²) >= 11 is 5.62. The topological polar surface area (TPSA) is 58.6 Å². The number of phenolic OH excluding ortho intramolecular Hbond substituents is 1. The van der Waals surface area contributed by atoms with Crippen molar-refractivity contribution in [2.75, 3.05) is 6.61 Å². The lowest BCUT2D eigenvalue weighted by Gasteiger charge is -2.32. The first-order valence-corrected chi connectivity index (χ1v) is 5.08. The molecular formula is C10H8ClF2NO3. The molecule has 1 heterocycles. The van der Waals surface area contributed by atoms with Gasteiger partial charge in [-0.25, -0.2) is 13.6 Å². The first kappa shape index (κ1) is 11.9. The maximum absolute atomic E-state index is 13.5. The number of hydrogen-bond acceptors (Lipinski definition) is 3. The Morgan fingerprint density at radius 3 is 2.94 bits per heavy atom. The van der Waals surface area contributed by atoms with Crippen molar-refractivity contribution in [3.63, 3.8) is 0 Å². The van der Waals surface area contributed by atoms with Gasteiger partial charge in [-0.15, -0.1) is 0 Å². The van der Waals surface area contributed by atoms with Crippen molar-refractivity contribution in [1.29, 1.82) is 0 Å². The predicted molar refractivity (Wildman–Crippen MR) is 55.3 cm³/mol. The molecule has 0 radical (unpaired) electrons. The van der Waals surface area contributed by atoms with E-state index >= 15 is 0 Å². The monoisotopic (exact) mass is 263 g/mol. The minimum atomic E-state index is -3.31. The Bertz CT molecular complexity index is 467. The minimum Gasteiger partial charge on any atom is -0.506 e. The number of rotatable bonds is 1. The molecule has 2 N–H and O–H groups in total. The number of ether oxygens (including phenoxy) is 1. The van der Waals surface area contributed by atoms with Crippen LogP contribution in [0.4, 0.5) is 13.6 Å². The molecule has 0 spiro atoms. The number of halogens is 3. The molecule has 2 rings (SSSR count). The van der Waals surface area contributed by atoms with E-state index in [4.69, 9.17) is 11.6 Å². The number of aromatic hydroxyl groups is 1. The van der Waals surface area contributed by atoms with Crippen molar-refractivity contribution in [2.24, 2.45) is 0 Å². The molecule has 0 saturated carbocycles. The van der Waals surface area contributed by atoms with Crippen LogP contribution >= 0.6 is 11.6 Å².